The van der Waals surface area contributed by atoms with E-state index in [1.165, 1.54) is 27.7 Å². The maximum Gasteiger partial charge on any atom is 0.303 e. The van der Waals surface area contributed by atoms with Crippen molar-refractivity contribution >= 4 is 23.9 Å². The van der Waals surface area contributed by atoms with Crippen LogP contribution >= 0.6 is 0 Å². The predicted molar refractivity (Wildman–Crippen MR) is 408 cm³/mol. The van der Waals surface area contributed by atoms with Crippen LogP contribution in [-0.2, 0) is 162 Å². The summed E-state index contributed by atoms with van der Waals surface area (Å²) in [6, 6.07) is 75.3. The second-order valence-corrected chi connectivity index (χ2v) is 28.1. The lowest BCUT2D eigenvalue weighted by Gasteiger charge is -2.52. The molecule has 0 spiro atoms. The summed E-state index contributed by atoms with van der Waals surface area (Å²) >= 11 is 0. The molecule has 11 unspecified atom stereocenters. The highest BCUT2D eigenvalue weighted by molar-refractivity contribution is 5.68. The zero-order valence-electron chi connectivity index (χ0n) is 64.0. The van der Waals surface area contributed by atoms with Crippen molar-refractivity contribution in [1.29, 1.82) is 0 Å². The van der Waals surface area contributed by atoms with Gasteiger partial charge in [-0.1, -0.05) is 243 Å². The molecule has 0 aromatic heterocycles. The Bertz CT molecular complexity index is 4110. The van der Waals surface area contributed by atoms with Crippen molar-refractivity contribution < 1.29 is 114 Å². The van der Waals surface area contributed by atoms with Crippen LogP contribution in [0, 0.1) is 0 Å². The topological polar surface area (TPSA) is 264 Å². The average molecular weight is 1550 g/mol. The summed E-state index contributed by atoms with van der Waals surface area (Å²) in [4.78, 5) is 56.5. The van der Waals surface area contributed by atoms with E-state index in [-0.39, 0.29) is 72.7 Å². The molecule has 0 saturated carbocycles. The molecule has 600 valence electrons. The number of carbonyl (C=O) groups is 4. The zero-order chi connectivity index (χ0) is 78.7. The third-order valence-electron chi connectivity index (χ3n) is 19.5. The first-order valence-electron chi connectivity index (χ1n) is 38.2. The SMILES string of the molecule is CC(=O)OC1C(OC(C)=O)[C@@H](OCc2ccccc2)C(COCc2ccccc2)O[C@@H]1OC1C(OC(C)=O)[C@@H](OCc2ccccc2)C(COCc2ccccc2)O[C@@H]1OC1C(OC(C)=O)[C@@H](OCc2ccccc2)C(COCc2ccccc2)O[C@@H]1O[C@@H]1C(OCc2ccccc2)[C@@H](C)OC(CO)[C@H]1OCc1ccccc1. The third-order valence-corrected chi connectivity index (χ3v) is 19.5. The number of carbonyl (C=O) groups excluding carboxylic acids is 4. The van der Waals surface area contributed by atoms with Crippen molar-refractivity contribution in [2.45, 2.75) is 210 Å². The molecule has 0 bridgehead atoms. The minimum absolute atomic E-state index is 0.0153. The van der Waals surface area contributed by atoms with Gasteiger partial charge in [0.1, 0.15) is 61.0 Å². The molecule has 12 rings (SSSR count). The monoisotopic (exact) mass is 1550 g/mol. The molecule has 4 aliphatic rings. The Hall–Kier alpha value is -9.00. The summed E-state index contributed by atoms with van der Waals surface area (Å²) in [7, 11) is 0. The average Bonchev–Trinajstić information content (AvgIpc) is 0.765. The highest BCUT2D eigenvalue weighted by atomic mass is 16.8. The minimum Gasteiger partial charge on any atom is -0.457 e. The highest BCUT2D eigenvalue weighted by Gasteiger charge is 2.60. The summed E-state index contributed by atoms with van der Waals surface area (Å²) < 4.78 is 131. The molecule has 4 saturated heterocycles. The Morgan fingerprint density at radius 2 is 0.487 bits per heavy atom. The summed E-state index contributed by atoms with van der Waals surface area (Å²) in [5, 5.41) is 11.5. The van der Waals surface area contributed by atoms with Gasteiger partial charge in [-0.3, -0.25) is 19.2 Å². The second kappa shape index (κ2) is 42.9. The summed E-state index contributed by atoms with van der Waals surface area (Å²) in [5.41, 5.74) is 6.29. The lowest BCUT2D eigenvalue weighted by Crippen LogP contribution is -2.69. The van der Waals surface area contributed by atoms with E-state index in [0.717, 1.165) is 44.5 Å². The fourth-order valence-corrected chi connectivity index (χ4v) is 14.3. The van der Waals surface area contributed by atoms with Gasteiger partial charge >= 0.3 is 23.9 Å². The molecular formula is C89H100O24. The molecule has 24 heteroatoms. The lowest BCUT2D eigenvalue weighted by molar-refractivity contribution is -0.406. The van der Waals surface area contributed by atoms with Gasteiger partial charge in [0.05, 0.1) is 85.4 Å². The number of benzene rings is 8. The van der Waals surface area contributed by atoms with E-state index >= 15 is 0 Å². The Balaban J connectivity index is 1.03. The Kier molecular flexibility index (Phi) is 31.7. The predicted octanol–water partition coefficient (Wildman–Crippen LogP) is 11.4. The number of esters is 4. The van der Waals surface area contributed by atoms with E-state index in [9.17, 15) is 24.3 Å². The summed E-state index contributed by atoms with van der Waals surface area (Å²) in [6.07, 6.45) is -28.2. The molecule has 20 atom stereocenters. The van der Waals surface area contributed by atoms with Crippen LogP contribution in [0.5, 0.6) is 0 Å². The lowest BCUT2D eigenvalue weighted by atomic mass is 9.93. The van der Waals surface area contributed by atoms with Crippen molar-refractivity contribution in [3.63, 3.8) is 0 Å². The van der Waals surface area contributed by atoms with Crippen molar-refractivity contribution in [1.82, 2.24) is 0 Å². The van der Waals surface area contributed by atoms with Gasteiger partial charge < -0.3 is 95.1 Å². The Labute approximate surface area is 658 Å². The molecular weight excluding hydrogens is 1450 g/mol. The fraction of sp³-hybridized carbons (Fsp3) is 0.416. The highest BCUT2D eigenvalue weighted by Crippen LogP contribution is 2.41. The van der Waals surface area contributed by atoms with E-state index in [1.54, 1.807) is 6.92 Å². The summed E-state index contributed by atoms with van der Waals surface area (Å²) in [5.74, 6) is -3.23. The first kappa shape index (κ1) is 83.4. The molecule has 113 heavy (non-hydrogen) atoms. The number of rotatable bonds is 38. The van der Waals surface area contributed by atoms with Gasteiger partial charge in [0.2, 0.25) is 0 Å². The van der Waals surface area contributed by atoms with E-state index in [4.69, 9.17) is 90.0 Å². The molecule has 4 fully saturated rings. The van der Waals surface area contributed by atoms with Crippen LogP contribution in [0.4, 0.5) is 0 Å². The fourth-order valence-electron chi connectivity index (χ4n) is 14.3. The van der Waals surface area contributed by atoms with Gasteiger partial charge in [0.15, 0.2) is 55.5 Å². The van der Waals surface area contributed by atoms with Crippen LogP contribution in [0.1, 0.15) is 79.1 Å². The molecule has 1 N–H and O–H groups in total. The van der Waals surface area contributed by atoms with Crippen molar-refractivity contribution in [2.75, 3.05) is 26.4 Å². The Morgan fingerprint density at radius 1 is 0.265 bits per heavy atom. The van der Waals surface area contributed by atoms with E-state index in [2.05, 4.69) is 0 Å². The van der Waals surface area contributed by atoms with E-state index in [0.29, 0.717) is 0 Å². The number of hydrogen-bond acceptors (Lipinski definition) is 24. The standard InChI is InChI=1S/C89H100O24/c1-58-75(98-50-66-36-20-9-21-37-66)80(76(71(46-90)103-58)99-51-67-38-22-10-23-39-67)111-88-85(82(105-60(3)92)78(101-53-69-42-26-12-27-43-69)73(109-88)56-96-48-64-32-16-7-17-33-64)113-89-86(83(106-61(4)93)79(102-54-70-44-28-13-29-45-70)74(110-89)57-97-49-65-34-18-8-19-35-65)112-87-84(107-62(5)94)81(104-59(2)91)77(100-52-68-40-24-11-25-41-68)72(108-87)55-95-47-63-30-14-6-15-31-63/h6-45,58,71-90H,46-57H2,1-5H3/t58-,71?,72?,73?,74?,75?,76-,77+,78+,79+,80-,81?,82?,83?,84?,85?,86?,87-,88-,89-/m1/s1. The molecule has 8 aromatic rings. The van der Waals surface area contributed by atoms with Crippen LogP contribution in [0.3, 0.4) is 0 Å². The maximum atomic E-state index is 14.4. The first-order valence-corrected chi connectivity index (χ1v) is 38.2. The second-order valence-electron chi connectivity index (χ2n) is 28.1. The molecule has 0 aliphatic carbocycles. The molecule has 0 radical (unpaired) electrons. The molecule has 0 amide bonds. The van der Waals surface area contributed by atoms with Gasteiger partial charge in [-0.15, -0.1) is 0 Å². The van der Waals surface area contributed by atoms with Crippen LogP contribution in [0.15, 0.2) is 243 Å². The molecule has 4 heterocycles. The van der Waals surface area contributed by atoms with Crippen molar-refractivity contribution in [3.8, 4) is 0 Å². The zero-order valence-corrected chi connectivity index (χ0v) is 64.0. The van der Waals surface area contributed by atoms with Gasteiger partial charge in [0, 0.05) is 27.7 Å². The summed E-state index contributed by atoms with van der Waals surface area (Å²) in [6.45, 7) is 5.59. The molecule has 24 nitrogen and oxygen atoms in total. The smallest absolute Gasteiger partial charge is 0.303 e. The van der Waals surface area contributed by atoms with Crippen molar-refractivity contribution in [2.24, 2.45) is 0 Å². The maximum absolute atomic E-state index is 14.4. The molecule has 4 aliphatic heterocycles. The molecule has 8 aromatic carbocycles. The first-order chi connectivity index (χ1) is 55.2. The number of hydrogen-bond donors (Lipinski definition) is 1. The quantitative estimate of drug-likeness (QED) is 0.0278. The largest absolute Gasteiger partial charge is 0.457 e. The van der Waals surface area contributed by atoms with Gasteiger partial charge in [-0.05, 0) is 51.4 Å². The van der Waals surface area contributed by atoms with E-state index in [1.807, 2.05) is 243 Å². The van der Waals surface area contributed by atoms with Crippen LogP contribution in [0.25, 0.3) is 0 Å². The number of aliphatic hydroxyl groups excluding tert-OH is 1. The van der Waals surface area contributed by atoms with Gasteiger partial charge in [-0.25, -0.2) is 0 Å². The van der Waals surface area contributed by atoms with Crippen molar-refractivity contribution in [3.05, 3.63) is 287 Å². The van der Waals surface area contributed by atoms with Gasteiger partial charge in [0.25, 0.3) is 0 Å². The van der Waals surface area contributed by atoms with E-state index < -0.39 is 153 Å². The van der Waals surface area contributed by atoms with Crippen LogP contribution in [-0.4, -0.2) is 178 Å². The Morgan fingerprint density at radius 3 is 0.752 bits per heavy atom. The normalized spacial score (nSPS) is 27.7. The minimum atomic E-state index is -1.90. The number of ether oxygens (including phenoxy) is 19. The third kappa shape index (κ3) is 24.3. The van der Waals surface area contributed by atoms with Crippen LogP contribution in [0.2, 0.25) is 0 Å². The van der Waals surface area contributed by atoms with Crippen LogP contribution < -0.4 is 0 Å². The number of aliphatic hydroxyl groups is 1. The van der Waals surface area contributed by atoms with Gasteiger partial charge in [-0.2, -0.15) is 0 Å².